The standard InChI is InChI=1S/C22H32N4O3/c1-5-23-22(25-15-18-8-10-21(27-4)24-14-18)26-16-19-9-7-17(3)13-20(19)29-12-11-28-6-2/h7-10,13-14H,5-6,11-12,15-16H2,1-4H3,(H2,23,25,26). The Hall–Kier alpha value is -2.80. The van der Waals surface area contributed by atoms with Crippen molar-refractivity contribution in [2.45, 2.75) is 33.9 Å². The van der Waals surface area contributed by atoms with E-state index in [1.165, 1.54) is 0 Å². The normalized spacial score (nSPS) is 11.2. The molecule has 0 saturated carbocycles. The average molecular weight is 401 g/mol. The Kier molecular flexibility index (Phi) is 9.78. The van der Waals surface area contributed by atoms with Crippen LogP contribution in [-0.2, 0) is 17.8 Å². The van der Waals surface area contributed by atoms with Gasteiger partial charge in [-0.25, -0.2) is 9.98 Å². The largest absolute Gasteiger partial charge is 0.491 e. The molecule has 0 fully saturated rings. The lowest BCUT2D eigenvalue weighted by Gasteiger charge is -2.15. The molecule has 0 unspecified atom stereocenters. The Labute approximate surface area is 173 Å². The van der Waals surface area contributed by atoms with Crippen LogP contribution in [0, 0.1) is 6.92 Å². The summed E-state index contributed by atoms with van der Waals surface area (Å²) in [5, 5.41) is 6.64. The minimum atomic E-state index is 0.526. The van der Waals surface area contributed by atoms with E-state index in [-0.39, 0.29) is 0 Å². The highest BCUT2D eigenvalue weighted by molar-refractivity contribution is 5.79. The van der Waals surface area contributed by atoms with Crippen molar-refractivity contribution in [3.05, 3.63) is 53.2 Å². The predicted molar refractivity (Wildman–Crippen MR) is 116 cm³/mol. The summed E-state index contributed by atoms with van der Waals surface area (Å²) >= 11 is 0. The van der Waals surface area contributed by atoms with Crippen LogP contribution in [0.25, 0.3) is 0 Å². The molecule has 2 N–H and O–H groups in total. The smallest absolute Gasteiger partial charge is 0.212 e. The molecule has 158 valence electrons. The Morgan fingerprint density at radius 1 is 1.10 bits per heavy atom. The summed E-state index contributed by atoms with van der Waals surface area (Å²) in [7, 11) is 1.60. The van der Waals surface area contributed by atoms with Crippen LogP contribution in [0.2, 0.25) is 0 Å². The van der Waals surface area contributed by atoms with Crippen molar-refractivity contribution in [1.29, 1.82) is 0 Å². The van der Waals surface area contributed by atoms with Crippen LogP contribution in [0.15, 0.2) is 41.5 Å². The Morgan fingerprint density at radius 2 is 1.97 bits per heavy atom. The molecule has 0 aliphatic heterocycles. The Bertz CT molecular complexity index is 763. The maximum Gasteiger partial charge on any atom is 0.212 e. The second kappa shape index (κ2) is 12.6. The fraction of sp³-hybridized carbons (Fsp3) is 0.455. The van der Waals surface area contributed by atoms with Gasteiger partial charge in [0.05, 0.1) is 20.3 Å². The fourth-order valence-corrected chi connectivity index (χ4v) is 2.61. The first kappa shape index (κ1) is 22.5. The van der Waals surface area contributed by atoms with Crippen molar-refractivity contribution in [3.8, 4) is 11.6 Å². The van der Waals surface area contributed by atoms with Gasteiger partial charge in [-0.2, -0.15) is 0 Å². The third kappa shape index (κ3) is 7.99. The molecule has 0 spiro atoms. The molecule has 1 aromatic carbocycles. The molecule has 2 aromatic rings. The molecule has 0 aliphatic rings. The third-order valence-electron chi connectivity index (χ3n) is 4.13. The van der Waals surface area contributed by atoms with Crippen LogP contribution in [0.1, 0.15) is 30.5 Å². The van der Waals surface area contributed by atoms with Gasteiger partial charge >= 0.3 is 0 Å². The molecule has 0 radical (unpaired) electrons. The molecule has 7 nitrogen and oxygen atoms in total. The van der Waals surface area contributed by atoms with E-state index in [1.807, 2.05) is 26.0 Å². The van der Waals surface area contributed by atoms with E-state index in [9.17, 15) is 0 Å². The van der Waals surface area contributed by atoms with E-state index in [1.54, 1.807) is 13.3 Å². The van der Waals surface area contributed by atoms with Gasteiger partial charge in [0.1, 0.15) is 12.4 Å². The summed E-state index contributed by atoms with van der Waals surface area (Å²) < 4.78 is 16.4. The van der Waals surface area contributed by atoms with Gasteiger partial charge < -0.3 is 24.8 Å². The van der Waals surface area contributed by atoms with Gasteiger partial charge in [0.2, 0.25) is 5.88 Å². The van der Waals surface area contributed by atoms with Crippen LogP contribution < -0.4 is 20.1 Å². The van der Waals surface area contributed by atoms with E-state index < -0.39 is 0 Å². The number of aromatic nitrogens is 1. The highest BCUT2D eigenvalue weighted by atomic mass is 16.5. The SMILES string of the molecule is CCNC(=NCc1ccc(OC)nc1)NCc1ccc(C)cc1OCCOCC. The van der Waals surface area contributed by atoms with Crippen molar-refractivity contribution in [1.82, 2.24) is 15.6 Å². The monoisotopic (exact) mass is 400 g/mol. The number of nitrogens with one attached hydrogen (secondary N) is 2. The number of guanidine groups is 1. The number of aryl methyl sites for hydroxylation is 1. The maximum absolute atomic E-state index is 5.92. The quantitative estimate of drug-likeness (QED) is 0.343. The Morgan fingerprint density at radius 3 is 2.66 bits per heavy atom. The molecule has 7 heteroatoms. The third-order valence-corrected chi connectivity index (χ3v) is 4.13. The molecular formula is C22H32N4O3. The van der Waals surface area contributed by atoms with Crippen molar-refractivity contribution in [2.24, 2.45) is 4.99 Å². The number of methoxy groups -OCH3 is 1. The second-order valence-corrected chi connectivity index (χ2v) is 6.41. The summed E-state index contributed by atoms with van der Waals surface area (Å²) in [6, 6.07) is 10.0. The molecule has 1 aromatic heterocycles. The molecule has 0 atom stereocenters. The van der Waals surface area contributed by atoms with Crippen molar-refractivity contribution < 1.29 is 14.2 Å². The lowest BCUT2D eigenvalue weighted by molar-refractivity contribution is 0.110. The molecule has 0 aliphatic carbocycles. The number of rotatable bonds is 11. The summed E-state index contributed by atoms with van der Waals surface area (Å²) in [5.41, 5.74) is 3.25. The fourth-order valence-electron chi connectivity index (χ4n) is 2.61. The first-order chi connectivity index (χ1) is 14.2. The van der Waals surface area contributed by atoms with E-state index in [2.05, 4.69) is 45.7 Å². The van der Waals surface area contributed by atoms with Gasteiger partial charge in [-0.3, -0.25) is 0 Å². The minimum absolute atomic E-state index is 0.526. The molecule has 1 heterocycles. The predicted octanol–water partition coefficient (Wildman–Crippen LogP) is 3.07. The van der Waals surface area contributed by atoms with Gasteiger partial charge in [0, 0.05) is 37.5 Å². The zero-order valence-corrected chi connectivity index (χ0v) is 17.8. The highest BCUT2D eigenvalue weighted by Crippen LogP contribution is 2.20. The average Bonchev–Trinajstić information content (AvgIpc) is 2.74. The second-order valence-electron chi connectivity index (χ2n) is 6.41. The van der Waals surface area contributed by atoms with Crippen LogP contribution in [-0.4, -0.2) is 44.4 Å². The number of nitrogens with zero attached hydrogens (tertiary/aromatic N) is 2. The van der Waals surface area contributed by atoms with E-state index in [0.29, 0.717) is 38.8 Å². The molecule has 2 rings (SSSR count). The number of benzene rings is 1. The summed E-state index contributed by atoms with van der Waals surface area (Å²) in [6.45, 7) is 9.79. The van der Waals surface area contributed by atoms with Gasteiger partial charge in [-0.1, -0.05) is 18.2 Å². The van der Waals surface area contributed by atoms with Crippen LogP contribution in [0.4, 0.5) is 0 Å². The number of hydrogen-bond donors (Lipinski definition) is 2. The number of pyridine rings is 1. The molecule has 0 bridgehead atoms. The lowest BCUT2D eigenvalue weighted by Crippen LogP contribution is -2.36. The summed E-state index contributed by atoms with van der Waals surface area (Å²) in [4.78, 5) is 8.86. The number of hydrogen-bond acceptors (Lipinski definition) is 5. The van der Waals surface area contributed by atoms with Crippen LogP contribution in [0.5, 0.6) is 11.6 Å². The van der Waals surface area contributed by atoms with Gasteiger partial charge in [0.15, 0.2) is 5.96 Å². The molecule has 0 saturated heterocycles. The van der Waals surface area contributed by atoms with Crippen molar-refractivity contribution >= 4 is 5.96 Å². The molecule has 29 heavy (non-hydrogen) atoms. The number of ether oxygens (including phenoxy) is 3. The highest BCUT2D eigenvalue weighted by Gasteiger charge is 2.06. The first-order valence-corrected chi connectivity index (χ1v) is 9.97. The van der Waals surface area contributed by atoms with E-state index >= 15 is 0 Å². The Balaban J connectivity index is 1.99. The molecular weight excluding hydrogens is 368 g/mol. The lowest BCUT2D eigenvalue weighted by atomic mass is 10.1. The van der Waals surface area contributed by atoms with Crippen molar-refractivity contribution in [2.75, 3.05) is 33.5 Å². The number of aliphatic imine (C=N–C) groups is 1. The van der Waals surface area contributed by atoms with Crippen molar-refractivity contribution in [3.63, 3.8) is 0 Å². The van der Waals surface area contributed by atoms with E-state index in [0.717, 1.165) is 34.9 Å². The van der Waals surface area contributed by atoms with Gasteiger partial charge in [0.25, 0.3) is 0 Å². The zero-order chi connectivity index (χ0) is 20.9. The topological polar surface area (TPSA) is 77.0 Å². The minimum Gasteiger partial charge on any atom is -0.491 e. The van der Waals surface area contributed by atoms with E-state index in [4.69, 9.17) is 14.2 Å². The zero-order valence-electron chi connectivity index (χ0n) is 17.8. The molecule has 0 amide bonds. The van der Waals surface area contributed by atoms with Crippen LogP contribution >= 0.6 is 0 Å². The maximum atomic E-state index is 5.92. The first-order valence-electron chi connectivity index (χ1n) is 9.97. The van der Waals surface area contributed by atoms with Gasteiger partial charge in [-0.15, -0.1) is 0 Å². The summed E-state index contributed by atoms with van der Waals surface area (Å²) in [5.74, 6) is 2.20. The van der Waals surface area contributed by atoms with Crippen LogP contribution in [0.3, 0.4) is 0 Å². The van der Waals surface area contributed by atoms with Gasteiger partial charge in [-0.05, 0) is 38.0 Å². The summed E-state index contributed by atoms with van der Waals surface area (Å²) in [6.07, 6.45) is 1.77.